The number of carbonyl (C=O) groups excluding carboxylic acids is 2. The number of furan rings is 1. The number of hydrogen-bond donors (Lipinski definition) is 1. The fourth-order valence-corrected chi connectivity index (χ4v) is 4.82. The van der Waals surface area contributed by atoms with E-state index in [9.17, 15) is 9.59 Å². The van der Waals surface area contributed by atoms with E-state index < -0.39 is 0 Å². The van der Waals surface area contributed by atoms with Crippen LogP contribution in [-0.2, 0) is 29.0 Å². The van der Waals surface area contributed by atoms with E-state index in [1.807, 2.05) is 11.4 Å². The molecule has 1 aromatic carbocycles. The number of aryl methyl sites for hydroxylation is 2. The van der Waals surface area contributed by atoms with Crippen LogP contribution in [0.2, 0.25) is 0 Å². The predicted octanol–water partition coefficient (Wildman–Crippen LogP) is 3.88. The van der Waals surface area contributed by atoms with Crippen molar-refractivity contribution in [1.82, 2.24) is 9.88 Å². The molecular formula is C22H21N3O3S. The Balaban J connectivity index is 1.23. The zero-order valence-electron chi connectivity index (χ0n) is 15.9. The number of carbonyl (C=O) groups is 2. The predicted molar refractivity (Wildman–Crippen MR) is 110 cm³/mol. The van der Waals surface area contributed by atoms with Gasteiger partial charge in [-0.15, -0.1) is 11.3 Å². The lowest BCUT2D eigenvalue weighted by molar-refractivity contribution is -0.128. The summed E-state index contributed by atoms with van der Waals surface area (Å²) in [6, 6.07) is 10.1. The van der Waals surface area contributed by atoms with Gasteiger partial charge in [0.25, 0.3) is 0 Å². The lowest BCUT2D eigenvalue weighted by Gasteiger charge is -2.14. The third kappa shape index (κ3) is 3.70. The number of rotatable bonds is 5. The summed E-state index contributed by atoms with van der Waals surface area (Å²) in [6.07, 6.45) is 5.30. The first-order valence-corrected chi connectivity index (χ1v) is 10.7. The van der Waals surface area contributed by atoms with Gasteiger partial charge in [-0.2, -0.15) is 0 Å². The Morgan fingerprint density at radius 2 is 2.17 bits per heavy atom. The van der Waals surface area contributed by atoms with Gasteiger partial charge in [0.2, 0.25) is 11.8 Å². The maximum atomic E-state index is 12.7. The number of likely N-dealkylation sites (tertiary alicyclic amines) is 1. The van der Waals surface area contributed by atoms with E-state index in [0.29, 0.717) is 18.2 Å². The van der Waals surface area contributed by atoms with Crippen molar-refractivity contribution >= 4 is 28.3 Å². The topological polar surface area (TPSA) is 75.4 Å². The molecule has 1 fully saturated rings. The first-order chi connectivity index (χ1) is 14.2. The summed E-state index contributed by atoms with van der Waals surface area (Å²) in [7, 11) is 0. The molecule has 3 heterocycles. The maximum Gasteiger partial charge on any atom is 0.231 e. The van der Waals surface area contributed by atoms with Gasteiger partial charge in [0.05, 0.1) is 24.4 Å². The van der Waals surface area contributed by atoms with Crippen molar-refractivity contribution in [1.29, 1.82) is 0 Å². The smallest absolute Gasteiger partial charge is 0.231 e. The van der Waals surface area contributed by atoms with E-state index in [4.69, 9.17) is 4.42 Å². The molecule has 1 saturated heterocycles. The highest BCUT2D eigenvalue weighted by atomic mass is 32.1. The van der Waals surface area contributed by atoms with E-state index in [1.165, 1.54) is 28.9 Å². The van der Waals surface area contributed by atoms with Crippen molar-refractivity contribution in [2.75, 3.05) is 11.9 Å². The highest BCUT2D eigenvalue weighted by molar-refractivity contribution is 7.14. The molecule has 5 rings (SSSR count). The van der Waals surface area contributed by atoms with Crippen LogP contribution in [0.5, 0.6) is 0 Å². The van der Waals surface area contributed by atoms with Crippen LogP contribution in [0, 0.1) is 5.92 Å². The zero-order valence-corrected chi connectivity index (χ0v) is 16.7. The van der Waals surface area contributed by atoms with Gasteiger partial charge in [0.1, 0.15) is 5.76 Å². The van der Waals surface area contributed by atoms with Crippen molar-refractivity contribution in [3.8, 4) is 11.3 Å². The van der Waals surface area contributed by atoms with Gasteiger partial charge in [0.15, 0.2) is 5.13 Å². The normalized spacial score (nSPS) is 18.3. The SMILES string of the molecule is O=C(Nc1nc(-c2ccc3c(c2)CCC3)cs1)C1CC(=O)N(Cc2ccco2)C1. The molecule has 1 N–H and O–H groups in total. The number of nitrogens with zero attached hydrogens (tertiary/aromatic N) is 2. The molecule has 1 aliphatic heterocycles. The fraction of sp³-hybridized carbons (Fsp3) is 0.318. The lowest BCUT2D eigenvalue weighted by Crippen LogP contribution is -2.27. The number of thiazole rings is 1. The van der Waals surface area contributed by atoms with E-state index in [2.05, 4.69) is 28.5 Å². The third-order valence-electron chi connectivity index (χ3n) is 5.64. The number of hydrogen-bond acceptors (Lipinski definition) is 5. The second kappa shape index (κ2) is 7.48. The molecule has 2 aromatic heterocycles. The van der Waals surface area contributed by atoms with Gasteiger partial charge in [-0.05, 0) is 48.6 Å². The van der Waals surface area contributed by atoms with Gasteiger partial charge in [0, 0.05) is 23.9 Å². The molecule has 7 heteroatoms. The number of amides is 2. The van der Waals surface area contributed by atoms with E-state index in [0.717, 1.165) is 29.9 Å². The van der Waals surface area contributed by atoms with Gasteiger partial charge < -0.3 is 14.6 Å². The van der Waals surface area contributed by atoms with E-state index >= 15 is 0 Å². The summed E-state index contributed by atoms with van der Waals surface area (Å²) in [4.78, 5) is 31.2. The van der Waals surface area contributed by atoms with Crippen LogP contribution < -0.4 is 5.32 Å². The van der Waals surface area contributed by atoms with Crippen molar-refractivity contribution < 1.29 is 14.0 Å². The summed E-state index contributed by atoms with van der Waals surface area (Å²) in [5.41, 5.74) is 4.80. The average Bonchev–Trinajstić information content (AvgIpc) is 3.49. The van der Waals surface area contributed by atoms with E-state index in [-0.39, 0.29) is 24.2 Å². The molecule has 2 amide bonds. The Kier molecular flexibility index (Phi) is 4.67. The third-order valence-corrected chi connectivity index (χ3v) is 6.40. The molecule has 0 spiro atoms. The molecule has 1 aliphatic carbocycles. The van der Waals surface area contributed by atoms with Crippen LogP contribution in [0.1, 0.15) is 29.7 Å². The molecule has 3 aromatic rings. The Hall–Kier alpha value is -2.93. The molecular weight excluding hydrogens is 386 g/mol. The maximum absolute atomic E-state index is 12.7. The molecule has 6 nitrogen and oxygen atoms in total. The minimum atomic E-state index is -0.371. The average molecular weight is 407 g/mol. The van der Waals surface area contributed by atoms with Crippen molar-refractivity contribution in [2.45, 2.75) is 32.2 Å². The van der Waals surface area contributed by atoms with Gasteiger partial charge in [-0.1, -0.05) is 12.1 Å². The summed E-state index contributed by atoms with van der Waals surface area (Å²) in [6.45, 7) is 0.795. The van der Waals surface area contributed by atoms with Crippen LogP contribution in [0.3, 0.4) is 0 Å². The second-order valence-electron chi connectivity index (χ2n) is 7.62. The molecule has 29 heavy (non-hydrogen) atoms. The standard InChI is InChI=1S/C22H21N3O3S/c26-20-10-17(11-25(20)12-18-5-2-8-28-18)21(27)24-22-23-19(13-29-22)16-7-6-14-3-1-4-15(14)9-16/h2,5-9,13,17H,1,3-4,10-12H2,(H,23,24,27). The van der Waals surface area contributed by atoms with Gasteiger partial charge in [-0.3, -0.25) is 9.59 Å². The van der Waals surface area contributed by atoms with Crippen LogP contribution in [-0.4, -0.2) is 28.2 Å². The van der Waals surface area contributed by atoms with Crippen LogP contribution in [0.15, 0.2) is 46.4 Å². The first kappa shape index (κ1) is 18.1. The van der Waals surface area contributed by atoms with Crippen LogP contribution >= 0.6 is 11.3 Å². The Bertz CT molecular complexity index is 1060. The number of anilines is 1. The highest BCUT2D eigenvalue weighted by Gasteiger charge is 2.35. The van der Waals surface area contributed by atoms with Crippen LogP contribution in [0.4, 0.5) is 5.13 Å². The molecule has 1 atom stereocenters. The minimum Gasteiger partial charge on any atom is -0.467 e. The zero-order chi connectivity index (χ0) is 19.8. The first-order valence-electron chi connectivity index (χ1n) is 9.84. The molecule has 0 saturated carbocycles. The molecule has 2 aliphatic rings. The molecule has 1 unspecified atom stereocenters. The highest BCUT2D eigenvalue weighted by Crippen LogP contribution is 2.30. The monoisotopic (exact) mass is 407 g/mol. The Morgan fingerprint density at radius 3 is 3.03 bits per heavy atom. The molecule has 0 radical (unpaired) electrons. The number of fused-ring (bicyclic) bond motifs is 1. The van der Waals surface area contributed by atoms with Crippen molar-refractivity contribution in [3.05, 3.63) is 58.9 Å². The van der Waals surface area contributed by atoms with Crippen LogP contribution in [0.25, 0.3) is 11.3 Å². The van der Waals surface area contributed by atoms with Crippen molar-refractivity contribution in [3.63, 3.8) is 0 Å². The molecule has 0 bridgehead atoms. The summed E-state index contributed by atoms with van der Waals surface area (Å²) < 4.78 is 5.30. The summed E-state index contributed by atoms with van der Waals surface area (Å²) >= 11 is 1.41. The fourth-order valence-electron chi connectivity index (χ4n) is 4.09. The lowest BCUT2D eigenvalue weighted by atomic mass is 10.1. The number of benzene rings is 1. The van der Waals surface area contributed by atoms with Crippen molar-refractivity contribution in [2.24, 2.45) is 5.92 Å². The second-order valence-corrected chi connectivity index (χ2v) is 8.48. The van der Waals surface area contributed by atoms with Gasteiger partial charge >= 0.3 is 0 Å². The quantitative estimate of drug-likeness (QED) is 0.696. The number of aromatic nitrogens is 1. The largest absolute Gasteiger partial charge is 0.467 e. The number of nitrogens with one attached hydrogen (secondary N) is 1. The minimum absolute atomic E-state index is 0.0282. The molecule has 148 valence electrons. The Labute approximate surface area is 172 Å². The Morgan fingerprint density at radius 1 is 1.28 bits per heavy atom. The summed E-state index contributed by atoms with van der Waals surface area (Å²) in [5, 5.41) is 5.43. The summed E-state index contributed by atoms with van der Waals surface area (Å²) in [5.74, 6) is 0.165. The van der Waals surface area contributed by atoms with E-state index in [1.54, 1.807) is 17.2 Å². The van der Waals surface area contributed by atoms with Gasteiger partial charge in [-0.25, -0.2) is 4.98 Å².